The number of pyridine rings is 1. The summed E-state index contributed by atoms with van der Waals surface area (Å²) in [5, 5.41) is 3.00. The fourth-order valence-corrected chi connectivity index (χ4v) is 2.36. The predicted octanol–water partition coefficient (Wildman–Crippen LogP) is 3.51. The summed E-state index contributed by atoms with van der Waals surface area (Å²) in [7, 11) is 1.59. The van der Waals surface area contributed by atoms with Crippen LogP contribution in [0.1, 0.15) is 12.0 Å². The molecule has 0 fully saturated rings. The van der Waals surface area contributed by atoms with Crippen LogP contribution >= 0.6 is 23.2 Å². The Kier molecular flexibility index (Phi) is 7.03. The minimum absolute atomic E-state index is 0.158. The van der Waals surface area contributed by atoms with E-state index in [2.05, 4.69) is 10.3 Å². The summed E-state index contributed by atoms with van der Waals surface area (Å²) in [5.74, 6) is -0.0986. The van der Waals surface area contributed by atoms with Crippen molar-refractivity contribution in [3.05, 3.63) is 52.1 Å². The topological polar surface area (TPSA) is 77.5 Å². The van der Waals surface area contributed by atoms with E-state index < -0.39 is 18.5 Å². The number of halogens is 2. The first-order valence-corrected chi connectivity index (χ1v) is 8.13. The van der Waals surface area contributed by atoms with Gasteiger partial charge < -0.3 is 14.8 Å². The van der Waals surface area contributed by atoms with Gasteiger partial charge in [-0.1, -0.05) is 35.3 Å². The third-order valence-corrected chi connectivity index (χ3v) is 3.70. The lowest BCUT2D eigenvalue weighted by atomic mass is 10.1. The maximum atomic E-state index is 11.8. The summed E-state index contributed by atoms with van der Waals surface area (Å²) >= 11 is 11.6. The van der Waals surface area contributed by atoms with Gasteiger partial charge in [-0.3, -0.25) is 9.59 Å². The molecule has 0 atom stereocenters. The van der Waals surface area contributed by atoms with Crippen LogP contribution in [0.25, 0.3) is 0 Å². The maximum absolute atomic E-state index is 11.8. The second kappa shape index (κ2) is 9.25. The first kappa shape index (κ1) is 19.0. The summed E-state index contributed by atoms with van der Waals surface area (Å²) in [6.45, 7) is -0.415. The van der Waals surface area contributed by atoms with Crippen molar-refractivity contribution in [2.45, 2.75) is 12.8 Å². The van der Waals surface area contributed by atoms with Crippen molar-refractivity contribution in [1.29, 1.82) is 0 Å². The van der Waals surface area contributed by atoms with Crippen molar-refractivity contribution >= 4 is 40.9 Å². The number of carbonyl (C=O) groups is 2. The lowest BCUT2D eigenvalue weighted by molar-refractivity contribution is -0.147. The van der Waals surface area contributed by atoms with E-state index >= 15 is 0 Å². The Hall–Kier alpha value is -2.31. The second-order valence-electron chi connectivity index (χ2n) is 5.04. The van der Waals surface area contributed by atoms with Gasteiger partial charge in [0, 0.05) is 12.6 Å². The minimum Gasteiger partial charge on any atom is -0.497 e. The number of nitrogens with zero attached hydrogens (tertiary/aromatic N) is 1. The van der Waals surface area contributed by atoms with Crippen molar-refractivity contribution in [2.75, 3.05) is 19.0 Å². The van der Waals surface area contributed by atoms with E-state index in [1.54, 1.807) is 7.11 Å². The van der Waals surface area contributed by atoms with Crippen LogP contribution in [0.4, 0.5) is 5.82 Å². The Labute approximate surface area is 155 Å². The third-order valence-electron chi connectivity index (χ3n) is 3.21. The molecule has 132 valence electrons. The number of esters is 1. The molecule has 0 aliphatic carbocycles. The molecule has 25 heavy (non-hydrogen) atoms. The number of carbonyl (C=O) groups excluding carboxylic acids is 2. The van der Waals surface area contributed by atoms with E-state index in [1.165, 1.54) is 12.3 Å². The van der Waals surface area contributed by atoms with E-state index in [9.17, 15) is 9.59 Å². The molecule has 0 saturated heterocycles. The third kappa shape index (κ3) is 6.25. The number of rotatable bonds is 7. The molecule has 1 aromatic carbocycles. The van der Waals surface area contributed by atoms with Crippen LogP contribution in [0.5, 0.6) is 5.75 Å². The van der Waals surface area contributed by atoms with Crippen LogP contribution in [0.3, 0.4) is 0 Å². The summed E-state index contributed by atoms with van der Waals surface area (Å²) in [6.07, 6.45) is 2.03. The molecule has 1 heterocycles. The molecule has 0 unspecified atom stereocenters. The number of benzene rings is 1. The monoisotopic (exact) mass is 382 g/mol. The molecule has 0 spiro atoms. The van der Waals surface area contributed by atoms with Gasteiger partial charge in [0.1, 0.15) is 5.75 Å². The van der Waals surface area contributed by atoms with Crippen molar-refractivity contribution in [1.82, 2.24) is 4.98 Å². The van der Waals surface area contributed by atoms with Crippen molar-refractivity contribution in [3.63, 3.8) is 0 Å². The Bertz CT molecular complexity index is 751. The largest absolute Gasteiger partial charge is 0.497 e. The van der Waals surface area contributed by atoms with E-state index in [4.69, 9.17) is 32.7 Å². The zero-order valence-corrected chi connectivity index (χ0v) is 14.9. The molecule has 1 aromatic heterocycles. The van der Waals surface area contributed by atoms with Crippen molar-refractivity contribution in [2.24, 2.45) is 0 Å². The van der Waals surface area contributed by atoms with Crippen LogP contribution in [0.2, 0.25) is 10.0 Å². The van der Waals surface area contributed by atoms with Crippen LogP contribution in [0.15, 0.2) is 36.5 Å². The minimum atomic E-state index is -0.533. The molecule has 0 saturated carbocycles. The number of ether oxygens (including phenoxy) is 2. The van der Waals surface area contributed by atoms with Crippen LogP contribution in [0, 0.1) is 0 Å². The summed E-state index contributed by atoms with van der Waals surface area (Å²) < 4.78 is 10.00. The molecule has 1 N–H and O–H groups in total. The van der Waals surface area contributed by atoms with Gasteiger partial charge in [0.15, 0.2) is 12.4 Å². The van der Waals surface area contributed by atoms with E-state index in [-0.39, 0.29) is 17.3 Å². The van der Waals surface area contributed by atoms with Gasteiger partial charge in [-0.2, -0.15) is 0 Å². The second-order valence-corrected chi connectivity index (χ2v) is 5.88. The van der Waals surface area contributed by atoms with Gasteiger partial charge in [0.2, 0.25) is 0 Å². The molecule has 2 aromatic rings. The standard InChI is InChI=1S/C17H16Cl2N2O4/c1-24-13-5-2-11(3-6-13)4-7-16(23)25-10-15(22)21-17-14(19)8-12(18)9-20-17/h2-3,5-6,8-9H,4,7,10H2,1H3,(H,20,21,22). The summed E-state index contributed by atoms with van der Waals surface area (Å²) in [5.41, 5.74) is 0.972. The number of hydrogen-bond donors (Lipinski definition) is 1. The molecule has 0 bridgehead atoms. The normalized spacial score (nSPS) is 10.2. The highest BCUT2D eigenvalue weighted by molar-refractivity contribution is 6.36. The number of hydrogen-bond acceptors (Lipinski definition) is 5. The zero-order valence-electron chi connectivity index (χ0n) is 13.4. The van der Waals surface area contributed by atoms with Crippen LogP contribution < -0.4 is 10.1 Å². The number of aryl methyl sites for hydroxylation is 1. The maximum Gasteiger partial charge on any atom is 0.306 e. The number of aromatic nitrogens is 1. The van der Waals surface area contributed by atoms with E-state index in [0.29, 0.717) is 11.4 Å². The Morgan fingerprint density at radius 1 is 1.20 bits per heavy atom. The summed E-state index contributed by atoms with van der Waals surface area (Å²) in [4.78, 5) is 27.4. The highest BCUT2D eigenvalue weighted by Gasteiger charge is 2.11. The van der Waals surface area contributed by atoms with Crippen molar-refractivity contribution < 1.29 is 19.1 Å². The molecule has 0 aliphatic rings. The lowest BCUT2D eigenvalue weighted by Gasteiger charge is -2.08. The summed E-state index contributed by atoms with van der Waals surface area (Å²) in [6, 6.07) is 8.82. The van der Waals surface area contributed by atoms with Gasteiger partial charge in [-0.25, -0.2) is 4.98 Å². The van der Waals surface area contributed by atoms with Gasteiger partial charge in [-0.15, -0.1) is 0 Å². The van der Waals surface area contributed by atoms with Crippen molar-refractivity contribution in [3.8, 4) is 5.75 Å². The highest BCUT2D eigenvalue weighted by Crippen LogP contribution is 2.22. The molecular formula is C17H16Cl2N2O4. The molecular weight excluding hydrogens is 367 g/mol. The fraction of sp³-hybridized carbons (Fsp3) is 0.235. The SMILES string of the molecule is COc1ccc(CCC(=O)OCC(=O)Nc2ncc(Cl)cc2Cl)cc1. The van der Waals surface area contributed by atoms with Gasteiger partial charge in [0.05, 0.1) is 17.2 Å². The smallest absolute Gasteiger partial charge is 0.306 e. The molecule has 0 aliphatic heterocycles. The number of amides is 1. The predicted molar refractivity (Wildman–Crippen MR) is 95.2 cm³/mol. The number of anilines is 1. The molecule has 2 rings (SSSR count). The first-order chi connectivity index (χ1) is 12.0. The average molecular weight is 383 g/mol. The quantitative estimate of drug-likeness (QED) is 0.741. The van der Waals surface area contributed by atoms with E-state index in [0.717, 1.165) is 11.3 Å². The van der Waals surface area contributed by atoms with Gasteiger partial charge in [-0.05, 0) is 30.2 Å². The highest BCUT2D eigenvalue weighted by atomic mass is 35.5. The molecule has 1 amide bonds. The Morgan fingerprint density at radius 2 is 1.92 bits per heavy atom. The van der Waals surface area contributed by atoms with Crippen LogP contribution in [-0.4, -0.2) is 30.6 Å². The molecule has 0 radical (unpaired) electrons. The van der Waals surface area contributed by atoms with Gasteiger partial charge in [0.25, 0.3) is 5.91 Å². The average Bonchev–Trinajstić information content (AvgIpc) is 2.61. The number of nitrogens with one attached hydrogen (secondary N) is 1. The Morgan fingerprint density at radius 3 is 2.56 bits per heavy atom. The Balaban J connectivity index is 1.74. The van der Waals surface area contributed by atoms with Crippen LogP contribution in [-0.2, 0) is 20.7 Å². The fourth-order valence-electron chi connectivity index (χ4n) is 1.93. The zero-order chi connectivity index (χ0) is 18.2. The van der Waals surface area contributed by atoms with E-state index in [1.807, 2.05) is 24.3 Å². The first-order valence-electron chi connectivity index (χ1n) is 7.37. The lowest BCUT2D eigenvalue weighted by Crippen LogP contribution is -2.21. The number of methoxy groups -OCH3 is 1. The molecule has 6 nitrogen and oxygen atoms in total. The molecule has 8 heteroatoms. The van der Waals surface area contributed by atoms with Gasteiger partial charge >= 0.3 is 5.97 Å².